The van der Waals surface area contributed by atoms with Crippen LogP contribution in [-0.2, 0) is 22.4 Å². The number of benzene rings is 1. The normalized spacial score (nSPS) is 14.1. The molecule has 0 radical (unpaired) electrons. The molecule has 1 aromatic heterocycles. The highest BCUT2D eigenvalue weighted by Gasteiger charge is 2.18. The average Bonchev–Trinajstić information content (AvgIpc) is 2.67. The number of anilines is 1. The van der Waals surface area contributed by atoms with Crippen LogP contribution in [0.25, 0.3) is 0 Å². The van der Waals surface area contributed by atoms with Crippen LogP contribution in [0.1, 0.15) is 25.1 Å². The molecule has 2 aromatic rings. The van der Waals surface area contributed by atoms with Crippen molar-refractivity contribution in [1.82, 2.24) is 9.88 Å². The third-order valence-corrected chi connectivity index (χ3v) is 4.73. The molecule has 0 atom stereocenters. The molecular weight excluding hydrogens is 342 g/mol. The van der Waals surface area contributed by atoms with Gasteiger partial charge in [-0.05, 0) is 42.7 Å². The number of hydrogen-bond donors (Lipinski definition) is 0. The van der Waals surface area contributed by atoms with Gasteiger partial charge in [-0.25, -0.2) is 0 Å². The highest BCUT2D eigenvalue weighted by atomic mass is 16.5. The van der Waals surface area contributed by atoms with Crippen molar-refractivity contribution in [1.29, 1.82) is 0 Å². The summed E-state index contributed by atoms with van der Waals surface area (Å²) < 4.78 is 5.13. The summed E-state index contributed by atoms with van der Waals surface area (Å²) in [5.41, 5.74) is 3.23. The first-order valence-corrected chi connectivity index (χ1v) is 9.24. The summed E-state index contributed by atoms with van der Waals surface area (Å²) in [7, 11) is 0. The Kier molecular flexibility index (Phi) is 6.06. The zero-order chi connectivity index (χ0) is 19.2. The van der Waals surface area contributed by atoms with Crippen molar-refractivity contribution in [2.75, 3.05) is 31.1 Å². The molecule has 0 aliphatic carbocycles. The number of nitrogens with zero attached hydrogens (tertiary/aromatic N) is 3. The van der Waals surface area contributed by atoms with E-state index in [-0.39, 0.29) is 11.9 Å². The van der Waals surface area contributed by atoms with E-state index in [9.17, 15) is 9.59 Å². The maximum atomic E-state index is 11.4. The lowest BCUT2D eigenvalue weighted by Gasteiger charge is -2.35. The van der Waals surface area contributed by atoms with Gasteiger partial charge in [0.05, 0.1) is 11.9 Å². The third-order valence-electron chi connectivity index (χ3n) is 4.73. The number of aromatic nitrogens is 1. The lowest BCUT2D eigenvalue weighted by Crippen LogP contribution is -2.48. The summed E-state index contributed by atoms with van der Waals surface area (Å²) in [5.74, 6) is 0.405. The van der Waals surface area contributed by atoms with E-state index in [0.29, 0.717) is 5.75 Å². The Bertz CT molecular complexity index is 797. The van der Waals surface area contributed by atoms with Gasteiger partial charge in [-0.3, -0.25) is 14.6 Å². The number of carbonyl (C=O) groups is 2. The maximum absolute atomic E-state index is 11.4. The predicted molar refractivity (Wildman–Crippen MR) is 104 cm³/mol. The zero-order valence-electron chi connectivity index (χ0n) is 15.9. The topological polar surface area (TPSA) is 62.7 Å². The number of amides is 1. The van der Waals surface area contributed by atoms with E-state index in [0.717, 1.165) is 56.0 Å². The van der Waals surface area contributed by atoms with Gasteiger partial charge in [-0.2, -0.15) is 0 Å². The van der Waals surface area contributed by atoms with Gasteiger partial charge < -0.3 is 14.5 Å². The van der Waals surface area contributed by atoms with Gasteiger partial charge >= 0.3 is 5.97 Å². The van der Waals surface area contributed by atoms with E-state index in [2.05, 4.69) is 22.0 Å². The van der Waals surface area contributed by atoms with Crippen molar-refractivity contribution in [2.45, 2.75) is 26.7 Å². The van der Waals surface area contributed by atoms with E-state index < -0.39 is 0 Å². The summed E-state index contributed by atoms with van der Waals surface area (Å²) in [5, 5.41) is 0. The molecule has 27 heavy (non-hydrogen) atoms. The Morgan fingerprint density at radius 3 is 2.44 bits per heavy atom. The monoisotopic (exact) mass is 367 g/mol. The minimum atomic E-state index is -0.312. The van der Waals surface area contributed by atoms with Gasteiger partial charge in [0.1, 0.15) is 5.75 Å². The van der Waals surface area contributed by atoms with E-state index in [1.807, 2.05) is 29.3 Å². The third kappa shape index (κ3) is 5.29. The second-order valence-corrected chi connectivity index (χ2v) is 6.74. The fourth-order valence-electron chi connectivity index (χ4n) is 3.23. The van der Waals surface area contributed by atoms with Crippen LogP contribution in [-0.4, -0.2) is 47.9 Å². The number of carbonyl (C=O) groups excluding carboxylic acids is 2. The number of ether oxygens (including phenoxy) is 1. The van der Waals surface area contributed by atoms with Crippen LogP contribution in [0.5, 0.6) is 5.75 Å². The van der Waals surface area contributed by atoms with Gasteiger partial charge in [-0.1, -0.05) is 12.1 Å². The van der Waals surface area contributed by atoms with Crippen molar-refractivity contribution in [3.8, 4) is 5.75 Å². The lowest BCUT2D eigenvalue weighted by molar-refractivity contribution is -0.132. The molecule has 3 rings (SSSR count). The summed E-state index contributed by atoms with van der Waals surface area (Å²) >= 11 is 0. The van der Waals surface area contributed by atoms with E-state index in [1.54, 1.807) is 13.0 Å². The molecular formula is C21H25N3O3. The lowest BCUT2D eigenvalue weighted by atomic mass is 10.1. The minimum absolute atomic E-state index is 0.140. The summed E-state index contributed by atoms with van der Waals surface area (Å²) in [6.45, 7) is 6.21. The van der Waals surface area contributed by atoms with Crippen molar-refractivity contribution in [2.24, 2.45) is 0 Å². The predicted octanol–water partition coefficient (Wildman–Crippen LogP) is 2.46. The minimum Gasteiger partial charge on any atom is -0.427 e. The molecule has 1 aliphatic heterocycles. The first kappa shape index (κ1) is 18.9. The van der Waals surface area contributed by atoms with Gasteiger partial charge in [0, 0.05) is 45.7 Å². The fourth-order valence-corrected chi connectivity index (χ4v) is 3.23. The largest absolute Gasteiger partial charge is 0.427 e. The van der Waals surface area contributed by atoms with Crippen molar-refractivity contribution >= 4 is 17.6 Å². The number of hydrogen-bond acceptors (Lipinski definition) is 5. The molecule has 0 unspecified atom stereocenters. The molecule has 1 amide bonds. The molecule has 2 heterocycles. The van der Waals surface area contributed by atoms with Crippen LogP contribution in [0.2, 0.25) is 0 Å². The number of esters is 1. The second kappa shape index (κ2) is 8.66. The summed E-state index contributed by atoms with van der Waals surface area (Å²) in [6, 6.07) is 11.7. The molecule has 0 N–H and O–H groups in total. The molecule has 6 heteroatoms. The second-order valence-electron chi connectivity index (χ2n) is 6.74. The van der Waals surface area contributed by atoms with Crippen molar-refractivity contribution < 1.29 is 14.3 Å². The van der Waals surface area contributed by atoms with Gasteiger partial charge in [-0.15, -0.1) is 0 Å². The Balaban J connectivity index is 1.54. The molecule has 1 aliphatic rings. The number of piperazine rings is 1. The molecule has 142 valence electrons. The number of aryl methyl sites for hydroxylation is 2. The smallest absolute Gasteiger partial charge is 0.308 e. The van der Waals surface area contributed by atoms with Crippen molar-refractivity contribution in [3.63, 3.8) is 0 Å². The number of pyridine rings is 1. The highest BCUT2D eigenvalue weighted by molar-refractivity contribution is 5.73. The number of rotatable bonds is 5. The Morgan fingerprint density at radius 1 is 1.04 bits per heavy atom. The molecule has 1 aromatic carbocycles. The zero-order valence-corrected chi connectivity index (χ0v) is 15.9. The standard InChI is InChI=1S/C21H25N3O3/c1-16(25)23-10-12-24(13-11-23)20-9-8-19(22-15-20)7-6-18-4-3-5-21(14-18)27-17(2)26/h3-5,8-9,14-15H,6-7,10-13H2,1-2H3. The summed E-state index contributed by atoms with van der Waals surface area (Å²) in [6.07, 6.45) is 3.56. The SMILES string of the molecule is CC(=O)Oc1cccc(CCc2ccc(N3CCN(C(C)=O)CC3)cn2)c1. The first-order valence-electron chi connectivity index (χ1n) is 9.24. The Labute approximate surface area is 159 Å². The van der Waals surface area contributed by atoms with Crippen LogP contribution >= 0.6 is 0 Å². The quantitative estimate of drug-likeness (QED) is 0.600. The van der Waals surface area contributed by atoms with E-state index in [1.165, 1.54) is 6.92 Å². The van der Waals surface area contributed by atoms with E-state index >= 15 is 0 Å². The Hall–Kier alpha value is -2.89. The van der Waals surface area contributed by atoms with Crippen LogP contribution in [0.3, 0.4) is 0 Å². The summed E-state index contributed by atoms with van der Waals surface area (Å²) in [4.78, 5) is 31.2. The molecule has 6 nitrogen and oxygen atoms in total. The van der Waals surface area contributed by atoms with Crippen LogP contribution in [0.15, 0.2) is 42.6 Å². The molecule has 0 bridgehead atoms. The molecule has 0 spiro atoms. The fraction of sp³-hybridized carbons (Fsp3) is 0.381. The highest BCUT2D eigenvalue weighted by Crippen LogP contribution is 2.18. The van der Waals surface area contributed by atoms with Gasteiger partial charge in [0.15, 0.2) is 0 Å². The molecule has 0 saturated carbocycles. The maximum Gasteiger partial charge on any atom is 0.308 e. The molecule has 1 fully saturated rings. The Morgan fingerprint density at radius 2 is 1.81 bits per heavy atom. The van der Waals surface area contributed by atoms with Crippen LogP contribution in [0.4, 0.5) is 5.69 Å². The van der Waals surface area contributed by atoms with E-state index in [4.69, 9.17) is 4.74 Å². The first-order chi connectivity index (χ1) is 13.0. The van der Waals surface area contributed by atoms with Crippen LogP contribution < -0.4 is 9.64 Å². The molecule has 1 saturated heterocycles. The van der Waals surface area contributed by atoms with Gasteiger partial charge in [0.25, 0.3) is 0 Å². The van der Waals surface area contributed by atoms with Crippen LogP contribution in [0, 0.1) is 0 Å². The van der Waals surface area contributed by atoms with Crippen molar-refractivity contribution in [3.05, 3.63) is 53.9 Å². The van der Waals surface area contributed by atoms with Gasteiger partial charge in [0.2, 0.25) is 5.91 Å². The average molecular weight is 367 g/mol.